The zero-order valence-electron chi connectivity index (χ0n) is 12.4. The van der Waals surface area contributed by atoms with Crippen LogP contribution < -0.4 is 11.1 Å². The summed E-state index contributed by atoms with van der Waals surface area (Å²) in [6.45, 7) is 6.84. The van der Waals surface area contributed by atoms with Crippen LogP contribution in [0.5, 0.6) is 0 Å². The monoisotopic (exact) mass is 275 g/mol. The van der Waals surface area contributed by atoms with Crippen molar-refractivity contribution >= 4 is 5.91 Å². The van der Waals surface area contributed by atoms with Gasteiger partial charge in [0.15, 0.2) is 0 Å². The largest absolute Gasteiger partial charge is 0.368 e. The third kappa shape index (κ3) is 4.05. The minimum Gasteiger partial charge on any atom is -0.368 e. The summed E-state index contributed by atoms with van der Waals surface area (Å²) in [6.07, 6.45) is 2.15. The van der Waals surface area contributed by atoms with E-state index in [4.69, 9.17) is 5.73 Å². The van der Waals surface area contributed by atoms with Crippen LogP contribution in [0.3, 0.4) is 0 Å². The number of nitrogens with one attached hydrogen (secondary N) is 1. The molecule has 2 rings (SSSR count). The van der Waals surface area contributed by atoms with E-state index in [1.165, 1.54) is 5.56 Å². The maximum absolute atomic E-state index is 11.3. The Balaban J connectivity index is 1.77. The molecule has 1 aliphatic heterocycles. The van der Waals surface area contributed by atoms with Crippen LogP contribution in [-0.2, 0) is 11.2 Å². The van der Waals surface area contributed by atoms with Gasteiger partial charge in [0, 0.05) is 19.1 Å². The van der Waals surface area contributed by atoms with Gasteiger partial charge in [0.25, 0.3) is 0 Å². The van der Waals surface area contributed by atoms with Crippen molar-refractivity contribution in [3.63, 3.8) is 0 Å². The number of carbonyl (C=O) groups is 1. The molecule has 0 aromatic heterocycles. The topological polar surface area (TPSA) is 58.4 Å². The predicted molar refractivity (Wildman–Crippen MR) is 81.4 cm³/mol. The van der Waals surface area contributed by atoms with Gasteiger partial charge in [0.1, 0.15) is 0 Å². The second-order valence-corrected chi connectivity index (χ2v) is 6.16. The molecular formula is C16H25N3O. The third-order valence-corrected chi connectivity index (χ3v) is 4.01. The summed E-state index contributed by atoms with van der Waals surface area (Å²) >= 11 is 0. The van der Waals surface area contributed by atoms with E-state index in [1.807, 2.05) is 19.9 Å². The summed E-state index contributed by atoms with van der Waals surface area (Å²) in [6, 6.07) is 10.9. The van der Waals surface area contributed by atoms with E-state index in [9.17, 15) is 4.79 Å². The van der Waals surface area contributed by atoms with Crippen molar-refractivity contribution in [3.8, 4) is 0 Å². The number of nitrogens with two attached hydrogens (primary N) is 1. The van der Waals surface area contributed by atoms with Gasteiger partial charge in [0.2, 0.25) is 5.91 Å². The lowest BCUT2D eigenvalue weighted by Gasteiger charge is -2.27. The second kappa shape index (κ2) is 6.37. The van der Waals surface area contributed by atoms with Crippen LogP contribution in [0.2, 0.25) is 0 Å². The molecule has 3 N–H and O–H groups in total. The lowest BCUT2D eigenvalue weighted by atomic mass is 10.0. The van der Waals surface area contributed by atoms with Crippen molar-refractivity contribution in [3.05, 3.63) is 35.9 Å². The van der Waals surface area contributed by atoms with Crippen molar-refractivity contribution in [2.75, 3.05) is 19.6 Å². The maximum atomic E-state index is 11.3. The van der Waals surface area contributed by atoms with Crippen molar-refractivity contribution in [1.82, 2.24) is 10.2 Å². The Hall–Kier alpha value is -1.39. The Labute approximate surface area is 121 Å². The van der Waals surface area contributed by atoms with E-state index in [-0.39, 0.29) is 5.91 Å². The average molecular weight is 275 g/mol. The number of hydrogen-bond donors (Lipinski definition) is 2. The molecule has 110 valence electrons. The normalized spacial score (nSPS) is 20.2. The number of likely N-dealkylation sites (tertiary alicyclic amines) is 1. The summed E-state index contributed by atoms with van der Waals surface area (Å²) in [5, 5.41) is 3.37. The molecule has 1 fully saturated rings. The van der Waals surface area contributed by atoms with E-state index < -0.39 is 5.54 Å². The second-order valence-electron chi connectivity index (χ2n) is 6.16. The Morgan fingerprint density at radius 1 is 1.40 bits per heavy atom. The van der Waals surface area contributed by atoms with Gasteiger partial charge >= 0.3 is 0 Å². The van der Waals surface area contributed by atoms with Gasteiger partial charge in [-0.1, -0.05) is 30.3 Å². The number of benzene rings is 1. The fraction of sp³-hybridized carbons (Fsp3) is 0.562. The molecule has 1 heterocycles. The first-order chi connectivity index (χ1) is 9.47. The fourth-order valence-corrected chi connectivity index (χ4v) is 2.67. The van der Waals surface area contributed by atoms with Crippen LogP contribution in [0.4, 0.5) is 0 Å². The van der Waals surface area contributed by atoms with Gasteiger partial charge in [-0.3, -0.25) is 10.1 Å². The smallest absolute Gasteiger partial charge is 0.237 e. The Morgan fingerprint density at radius 3 is 2.75 bits per heavy atom. The molecule has 1 unspecified atom stereocenters. The molecular weight excluding hydrogens is 250 g/mol. The van der Waals surface area contributed by atoms with Gasteiger partial charge in [-0.2, -0.15) is 0 Å². The zero-order valence-corrected chi connectivity index (χ0v) is 12.4. The van der Waals surface area contributed by atoms with Crippen molar-refractivity contribution < 1.29 is 4.79 Å². The van der Waals surface area contributed by atoms with E-state index in [0.717, 1.165) is 32.5 Å². The van der Waals surface area contributed by atoms with Crippen LogP contribution in [-0.4, -0.2) is 42.0 Å². The molecule has 4 heteroatoms. The molecule has 1 aliphatic rings. The number of nitrogens with zero attached hydrogens (tertiary/aromatic N) is 1. The molecule has 0 aliphatic carbocycles. The summed E-state index contributed by atoms with van der Waals surface area (Å²) in [5.41, 5.74) is 6.15. The highest BCUT2D eigenvalue weighted by molar-refractivity contribution is 5.83. The third-order valence-electron chi connectivity index (χ3n) is 4.01. The van der Waals surface area contributed by atoms with Gasteiger partial charge in [-0.15, -0.1) is 0 Å². The van der Waals surface area contributed by atoms with Gasteiger partial charge in [0.05, 0.1) is 5.54 Å². The molecule has 0 radical (unpaired) electrons. The first-order valence-corrected chi connectivity index (χ1v) is 7.31. The summed E-state index contributed by atoms with van der Waals surface area (Å²) in [7, 11) is 0. The predicted octanol–water partition coefficient (Wildman–Crippen LogP) is 1.16. The van der Waals surface area contributed by atoms with Crippen LogP contribution in [0.15, 0.2) is 30.3 Å². The highest BCUT2D eigenvalue weighted by Crippen LogP contribution is 2.14. The molecule has 1 saturated heterocycles. The van der Waals surface area contributed by atoms with E-state index >= 15 is 0 Å². The highest BCUT2D eigenvalue weighted by atomic mass is 16.1. The van der Waals surface area contributed by atoms with Crippen LogP contribution in [0.25, 0.3) is 0 Å². The standard InChI is InChI=1S/C16H25N3O/c1-16(2,15(17)20)18-14-9-11-19(12-14)10-8-13-6-4-3-5-7-13/h3-7,14,18H,8-12H2,1-2H3,(H2,17,20). The van der Waals surface area contributed by atoms with Crippen LogP contribution >= 0.6 is 0 Å². The lowest BCUT2D eigenvalue weighted by molar-refractivity contribution is -0.123. The van der Waals surface area contributed by atoms with E-state index in [1.54, 1.807) is 0 Å². The molecule has 1 amide bonds. The first-order valence-electron chi connectivity index (χ1n) is 7.31. The SMILES string of the molecule is CC(C)(NC1CCN(CCc2ccccc2)C1)C(N)=O. The molecule has 1 atom stereocenters. The van der Waals surface area contributed by atoms with E-state index in [0.29, 0.717) is 6.04 Å². The maximum Gasteiger partial charge on any atom is 0.237 e. The molecule has 0 saturated carbocycles. The van der Waals surface area contributed by atoms with Crippen LogP contribution in [0.1, 0.15) is 25.8 Å². The minimum absolute atomic E-state index is 0.291. The fourth-order valence-electron chi connectivity index (χ4n) is 2.67. The van der Waals surface area contributed by atoms with Gasteiger partial charge in [-0.25, -0.2) is 0 Å². The number of rotatable bonds is 6. The number of amides is 1. The van der Waals surface area contributed by atoms with Gasteiger partial charge in [-0.05, 0) is 38.8 Å². The molecule has 0 spiro atoms. The summed E-state index contributed by atoms with van der Waals surface area (Å²) < 4.78 is 0. The number of hydrogen-bond acceptors (Lipinski definition) is 3. The minimum atomic E-state index is -0.625. The zero-order chi connectivity index (χ0) is 14.6. The van der Waals surface area contributed by atoms with Crippen molar-refractivity contribution in [2.24, 2.45) is 5.73 Å². The average Bonchev–Trinajstić information content (AvgIpc) is 2.84. The number of primary amides is 1. The summed E-state index contributed by atoms with van der Waals surface area (Å²) in [4.78, 5) is 13.8. The first kappa shape index (κ1) is 15.0. The summed E-state index contributed by atoms with van der Waals surface area (Å²) in [5.74, 6) is -0.291. The molecule has 1 aromatic rings. The quantitative estimate of drug-likeness (QED) is 0.819. The van der Waals surface area contributed by atoms with Gasteiger partial charge < -0.3 is 10.6 Å². The molecule has 1 aromatic carbocycles. The Morgan fingerprint density at radius 2 is 2.10 bits per heavy atom. The van der Waals surface area contributed by atoms with Crippen molar-refractivity contribution in [2.45, 2.75) is 38.3 Å². The van der Waals surface area contributed by atoms with Crippen LogP contribution in [0, 0.1) is 0 Å². The molecule has 4 nitrogen and oxygen atoms in total. The van der Waals surface area contributed by atoms with Crippen molar-refractivity contribution in [1.29, 1.82) is 0 Å². The molecule has 20 heavy (non-hydrogen) atoms. The lowest BCUT2D eigenvalue weighted by Crippen LogP contribution is -2.55. The Bertz CT molecular complexity index is 444. The number of carbonyl (C=O) groups excluding carboxylic acids is 1. The van der Waals surface area contributed by atoms with E-state index in [2.05, 4.69) is 34.5 Å². The molecule has 0 bridgehead atoms. The Kier molecular flexibility index (Phi) is 4.78. The highest BCUT2D eigenvalue weighted by Gasteiger charge is 2.31.